The molecular weight excluding hydrogens is 242 g/mol. The van der Waals surface area contributed by atoms with Crippen molar-refractivity contribution in [1.29, 1.82) is 0 Å². The number of nitrogens with zero attached hydrogens (tertiary/aromatic N) is 1. The quantitative estimate of drug-likeness (QED) is 0.797. The standard InChI is InChI=1S/C14H21N3O2/c1-4-12-14(19)15-5-6-17(12)8-13(18)11-7-9(2)16-10(11)3/h7,12,16H,4-6,8H2,1-3H3,(H,15,19). The Kier molecular flexibility index (Phi) is 4.04. The number of aromatic nitrogens is 1. The Labute approximate surface area is 113 Å². The molecule has 1 aromatic rings. The molecule has 1 saturated heterocycles. The summed E-state index contributed by atoms with van der Waals surface area (Å²) in [5, 5.41) is 2.84. The predicted molar refractivity (Wildman–Crippen MR) is 73.3 cm³/mol. The van der Waals surface area contributed by atoms with E-state index in [-0.39, 0.29) is 17.7 Å². The molecule has 104 valence electrons. The summed E-state index contributed by atoms with van der Waals surface area (Å²) in [5.74, 6) is 0.110. The van der Waals surface area contributed by atoms with E-state index in [2.05, 4.69) is 10.3 Å². The van der Waals surface area contributed by atoms with E-state index in [1.54, 1.807) is 0 Å². The summed E-state index contributed by atoms with van der Waals surface area (Å²) in [5.41, 5.74) is 2.62. The molecule has 5 nitrogen and oxygen atoms in total. The van der Waals surface area contributed by atoms with Gasteiger partial charge in [-0.15, -0.1) is 0 Å². The van der Waals surface area contributed by atoms with Gasteiger partial charge in [0.25, 0.3) is 0 Å². The third-order valence-electron chi connectivity index (χ3n) is 3.62. The molecule has 0 saturated carbocycles. The lowest BCUT2D eigenvalue weighted by Gasteiger charge is -2.33. The van der Waals surface area contributed by atoms with Gasteiger partial charge in [0.05, 0.1) is 12.6 Å². The highest BCUT2D eigenvalue weighted by Gasteiger charge is 2.29. The van der Waals surface area contributed by atoms with E-state index >= 15 is 0 Å². The monoisotopic (exact) mass is 263 g/mol. The summed E-state index contributed by atoms with van der Waals surface area (Å²) in [6.45, 7) is 7.47. The van der Waals surface area contributed by atoms with Gasteiger partial charge in [-0.3, -0.25) is 14.5 Å². The van der Waals surface area contributed by atoms with Gasteiger partial charge in [0, 0.05) is 30.0 Å². The van der Waals surface area contributed by atoms with Crippen molar-refractivity contribution in [2.45, 2.75) is 33.2 Å². The maximum absolute atomic E-state index is 12.3. The van der Waals surface area contributed by atoms with Crippen LogP contribution in [0.5, 0.6) is 0 Å². The number of rotatable bonds is 4. The molecule has 0 spiro atoms. The Balaban J connectivity index is 2.09. The molecule has 2 heterocycles. The van der Waals surface area contributed by atoms with Crippen molar-refractivity contribution in [1.82, 2.24) is 15.2 Å². The number of piperazine rings is 1. The Morgan fingerprint density at radius 1 is 1.47 bits per heavy atom. The number of Topliss-reactive ketones (excluding diaryl/α,β-unsaturated/α-hetero) is 1. The fourth-order valence-corrected chi connectivity index (χ4v) is 2.68. The van der Waals surface area contributed by atoms with Crippen molar-refractivity contribution in [3.63, 3.8) is 0 Å². The van der Waals surface area contributed by atoms with Crippen molar-refractivity contribution in [2.24, 2.45) is 0 Å². The average molecular weight is 263 g/mol. The van der Waals surface area contributed by atoms with Crippen LogP contribution in [0.15, 0.2) is 6.07 Å². The van der Waals surface area contributed by atoms with Crippen LogP contribution >= 0.6 is 0 Å². The fraction of sp³-hybridized carbons (Fsp3) is 0.571. The average Bonchev–Trinajstić information content (AvgIpc) is 2.69. The molecule has 2 rings (SSSR count). The smallest absolute Gasteiger partial charge is 0.237 e. The van der Waals surface area contributed by atoms with Gasteiger partial charge in [-0.2, -0.15) is 0 Å². The van der Waals surface area contributed by atoms with Gasteiger partial charge in [-0.25, -0.2) is 0 Å². The normalized spacial score (nSPS) is 20.4. The van der Waals surface area contributed by atoms with E-state index in [9.17, 15) is 9.59 Å². The zero-order valence-corrected chi connectivity index (χ0v) is 11.7. The molecule has 5 heteroatoms. The van der Waals surface area contributed by atoms with Gasteiger partial charge >= 0.3 is 0 Å². The Bertz CT molecular complexity index is 493. The summed E-state index contributed by atoms with van der Waals surface area (Å²) in [6.07, 6.45) is 0.726. The number of nitrogens with one attached hydrogen (secondary N) is 2. The number of hydrogen-bond acceptors (Lipinski definition) is 3. The van der Waals surface area contributed by atoms with Crippen LogP contribution in [0.4, 0.5) is 0 Å². The molecular formula is C14H21N3O2. The minimum atomic E-state index is -0.182. The van der Waals surface area contributed by atoms with E-state index in [0.717, 1.165) is 29.9 Å². The maximum Gasteiger partial charge on any atom is 0.237 e. The molecule has 1 fully saturated rings. The molecule has 19 heavy (non-hydrogen) atoms. The first kappa shape index (κ1) is 13.8. The number of H-pyrrole nitrogens is 1. The third-order valence-corrected chi connectivity index (χ3v) is 3.62. The van der Waals surface area contributed by atoms with E-state index in [1.165, 1.54) is 0 Å². The summed E-state index contributed by atoms with van der Waals surface area (Å²) >= 11 is 0. The van der Waals surface area contributed by atoms with Gasteiger partial charge in [-0.1, -0.05) is 6.92 Å². The first-order valence-electron chi connectivity index (χ1n) is 6.74. The van der Waals surface area contributed by atoms with Crippen LogP contribution in [0.25, 0.3) is 0 Å². The number of carbonyl (C=O) groups excluding carboxylic acids is 2. The molecule has 0 aliphatic carbocycles. The van der Waals surface area contributed by atoms with Crippen LogP contribution in [0.3, 0.4) is 0 Å². The molecule has 0 bridgehead atoms. The minimum Gasteiger partial charge on any atom is -0.362 e. The third kappa shape index (κ3) is 2.87. The molecule has 0 aromatic carbocycles. The van der Waals surface area contributed by atoms with Gasteiger partial charge in [0.1, 0.15) is 0 Å². The second kappa shape index (κ2) is 5.57. The summed E-state index contributed by atoms with van der Waals surface area (Å²) in [7, 11) is 0. The van der Waals surface area contributed by atoms with Gasteiger partial charge in [0.2, 0.25) is 5.91 Å². The lowest BCUT2D eigenvalue weighted by Crippen LogP contribution is -2.56. The molecule has 2 N–H and O–H groups in total. The molecule has 1 aromatic heterocycles. The number of hydrogen-bond donors (Lipinski definition) is 2. The second-order valence-electron chi connectivity index (χ2n) is 5.10. The number of amides is 1. The first-order valence-corrected chi connectivity index (χ1v) is 6.74. The molecule has 0 radical (unpaired) electrons. The Morgan fingerprint density at radius 3 is 2.79 bits per heavy atom. The van der Waals surface area contributed by atoms with Gasteiger partial charge in [-0.05, 0) is 26.3 Å². The number of ketones is 1. The van der Waals surface area contributed by atoms with E-state index in [1.807, 2.05) is 31.7 Å². The van der Waals surface area contributed by atoms with Crippen LogP contribution in [0, 0.1) is 13.8 Å². The molecule has 1 aliphatic rings. The molecule has 1 amide bonds. The van der Waals surface area contributed by atoms with Crippen molar-refractivity contribution in [3.8, 4) is 0 Å². The van der Waals surface area contributed by atoms with E-state index in [0.29, 0.717) is 13.1 Å². The van der Waals surface area contributed by atoms with Crippen molar-refractivity contribution in [3.05, 3.63) is 23.0 Å². The lowest BCUT2D eigenvalue weighted by atomic mass is 10.1. The van der Waals surface area contributed by atoms with Crippen LogP contribution in [-0.2, 0) is 4.79 Å². The number of carbonyl (C=O) groups is 2. The van der Waals surface area contributed by atoms with Gasteiger partial charge in [0.15, 0.2) is 5.78 Å². The topological polar surface area (TPSA) is 65.2 Å². The summed E-state index contributed by atoms with van der Waals surface area (Å²) in [4.78, 5) is 29.2. The van der Waals surface area contributed by atoms with Crippen molar-refractivity contribution < 1.29 is 9.59 Å². The highest BCUT2D eigenvalue weighted by Crippen LogP contribution is 2.14. The van der Waals surface area contributed by atoms with Gasteiger partial charge < -0.3 is 10.3 Å². The predicted octanol–water partition coefficient (Wildman–Crippen LogP) is 1.02. The zero-order valence-electron chi connectivity index (χ0n) is 11.7. The van der Waals surface area contributed by atoms with E-state index in [4.69, 9.17) is 0 Å². The molecule has 1 atom stereocenters. The number of aromatic amines is 1. The van der Waals surface area contributed by atoms with Crippen LogP contribution in [0.2, 0.25) is 0 Å². The maximum atomic E-state index is 12.3. The summed E-state index contributed by atoms with van der Waals surface area (Å²) < 4.78 is 0. The highest BCUT2D eigenvalue weighted by atomic mass is 16.2. The second-order valence-corrected chi connectivity index (χ2v) is 5.10. The highest BCUT2D eigenvalue weighted by molar-refractivity contribution is 5.99. The lowest BCUT2D eigenvalue weighted by molar-refractivity contribution is -0.128. The first-order chi connectivity index (χ1) is 9.02. The molecule has 1 aliphatic heterocycles. The van der Waals surface area contributed by atoms with Crippen LogP contribution in [0.1, 0.15) is 35.1 Å². The van der Waals surface area contributed by atoms with E-state index < -0.39 is 0 Å². The van der Waals surface area contributed by atoms with Crippen LogP contribution < -0.4 is 5.32 Å². The minimum absolute atomic E-state index is 0.0310. The van der Waals surface area contributed by atoms with Crippen molar-refractivity contribution in [2.75, 3.05) is 19.6 Å². The van der Waals surface area contributed by atoms with Crippen LogP contribution in [-0.4, -0.2) is 47.3 Å². The van der Waals surface area contributed by atoms with Crippen molar-refractivity contribution >= 4 is 11.7 Å². The zero-order chi connectivity index (χ0) is 14.0. The SMILES string of the molecule is CCC1C(=O)NCCN1CC(=O)c1cc(C)[nH]c1C. The summed E-state index contributed by atoms with van der Waals surface area (Å²) in [6, 6.07) is 1.70. The largest absolute Gasteiger partial charge is 0.362 e. The number of aryl methyl sites for hydroxylation is 2. The Morgan fingerprint density at radius 2 is 2.21 bits per heavy atom. The molecule has 1 unspecified atom stereocenters. The fourth-order valence-electron chi connectivity index (χ4n) is 2.68. The Hall–Kier alpha value is -1.62.